The van der Waals surface area contributed by atoms with Crippen molar-refractivity contribution >= 4 is 17.7 Å². The molecule has 0 bridgehead atoms. The minimum Gasteiger partial charge on any atom is -0.274 e. The number of amides is 1. The van der Waals surface area contributed by atoms with Gasteiger partial charge in [0.25, 0.3) is 0 Å². The number of rotatable bonds is 6. The van der Waals surface area contributed by atoms with Gasteiger partial charge in [-0.15, -0.1) is 0 Å². The van der Waals surface area contributed by atoms with Crippen molar-refractivity contribution in [2.24, 2.45) is 0 Å². The lowest BCUT2D eigenvalue weighted by molar-refractivity contribution is -0.126. The van der Waals surface area contributed by atoms with Crippen molar-refractivity contribution in [2.75, 3.05) is 6.54 Å². The predicted octanol–water partition coefficient (Wildman–Crippen LogP) is 3.13. The Hall–Kier alpha value is -0.500. The van der Waals surface area contributed by atoms with Gasteiger partial charge < -0.3 is 0 Å². The molecule has 3 heteroatoms. The van der Waals surface area contributed by atoms with Gasteiger partial charge in [0.2, 0.25) is 5.91 Å². The van der Waals surface area contributed by atoms with E-state index in [2.05, 4.69) is 6.92 Å². The third kappa shape index (κ3) is 6.64. The summed E-state index contributed by atoms with van der Waals surface area (Å²) in [4.78, 5) is 11.3. The lowest BCUT2D eigenvalue weighted by Gasteiger charge is -2.12. The number of allylic oxidation sites excluding steroid dienone is 2. The highest BCUT2D eigenvalue weighted by Gasteiger charge is 2.08. The zero-order valence-electron chi connectivity index (χ0n) is 8.42. The van der Waals surface area contributed by atoms with Crippen LogP contribution in [0.4, 0.5) is 0 Å². The van der Waals surface area contributed by atoms with Crippen molar-refractivity contribution in [2.45, 2.75) is 39.5 Å². The fraction of sp³-hybridized carbons (Fsp3) is 0.700. The van der Waals surface area contributed by atoms with Crippen LogP contribution in [0.2, 0.25) is 0 Å². The summed E-state index contributed by atoms with van der Waals surface area (Å²) in [6, 6.07) is 0. The van der Waals surface area contributed by atoms with E-state index in [0.29, 0.717) is 13.0 Å². The summed E-state index contributed by atoms with van der Waals surface area (Å²) < 4.78 is 1.30. The molecule has 0 rings (SSSR count). The third-order valence-electron chi connectivity index (χ3n) is 1.74. The molecule has 0 unspecified atom stereocenters. The standard InChI is InChI=1S/C10H18ClNO/c1-3-5-7-8-10(13)12(11)9-6-4-2/h3,5H,4,6-9H2,1-2H3/b5-3+. The number of nitrogens with zero attached hydrogens (tertiary/aromatic N) is 1. The Morgan fingerprint density at radius 3 is 2.77 bits per heavy atom. The van der Waals surface area contributed by atoms with Crippen LogP contribution in [0.5, 0.6) is 0 Å². The normalized spacial score (nSPS) is 10.7. The highest BCUT2D eigenvalue weighted by molar-refractivity contribution is 6.21. The second kappa shape index (κ2) is 8.11. The molecule has 0 atom stereocenters. The van der Waals surface area contributed by atoms with Gasteiger partial charge in [0.1, 0.15) is 0 Å². The van der Waals surface area contributed by atoms with Gasteiger partial charge in [-0.3, -0.25) is 9.21 Å². The van der Waals surface area contributed by atoms with Gasteiger partial charge in [-0.1, -0.05) is 25.5 Å². The molecule has 0 heterocycles. The summed E-state index contributed by atoms with van der Waals surface area (Å²) in [5.41, 5.74) is 0. The lowest BCUT2D eigenvalue weighted by atomic mass is 10.2. The highest BCUT2D eigenvalue weighted by Crippen LogP contribution is 2.04. The van der Waals surface area contributed by atoms with Gasteiger partial charge >= 0.3 is 0 Å². The van der Waals surface area contributed by atoms with Crippen LogP contribution in [0.1, 0.15) is 39.5 Å². The van der Waals surface area contributed by atoms with Crippen molar-refractivity contribution in [3.05, 3.63) is 12.2 Å². The van der Waals surface area contributed by atoms with Gasteiger partial charge in [0.15, 0.2) is 0 Å². The molecule has 0 aromatic heterocycles. The summed E-state index contributed by atoms with van der Waals surface area (Å²) in [6.45, 7) is 4.68. The van der Waals surface area contributed by atoms with Crippen molar-refractivity contribution in [3.63, 3.8) is 0 Å². The maximum absolute atomic E-state index is 11.3. The van der Waals surface area contributed by atoms with E-state index in [4.69, 9.17) is 11.8 Å². The maximum Gasteiger partial charge on any atom is 0.237 e. The van der Waals surface area contributed by atoms with Crippen molar-refractivity contribution in [1.29, 1.82) is 0 Å². The number of carbonyl (C=O) groups is 1. The van der Waals surface area contributed by atoms with Crippen LogP contribution in [-0.2, 0) is 4.79 Å². The topological polar surface area (TPSA) is 20.3 Å². The molecular weight excluding hydrogens is 186 g/mol. The van der Waals surface area contributed by atoms with Gasteiger partial charge in [-0.2, -0.15) is 0 Å². The molecule has 0 N–H and O–H groups in total. The van der Waals surface area contributed by atoms with E-state index in [1.165, 1.54) is 4.42 Å². The van der Waals surface area contributed by atoms with Crippen LogP contribution < -0.4 is 0 Å². The number of halogens is 1. The van der Waals surface area contributed by atoms with Crippen LogP contribution in [0.25, 0.3) is 0 Å². The summed E-state index contributed by atoms with van der Waals surface area (Å²) >= 11 is 5.75. The minimum atomic E-state index is 0.0215. The molecule has 0 spiro atoms. The maximum atomic E-state index is 11.3. The monoisotopic (exact) mass is 203 g/mol. The smallest absolute Gasteiger partial charge is 0.237 e. The molecule has 0 saturated heterocycles. The Labute approximate surface area is 85.7 Å². The summed E-state index contributed by atoms with van der Waals surface area (Å²) in [7, 11) is 0. The first-order chi connectivity index (χ1) is 6.22. The van der Waals surface area contributed by atoms with E-state index in [-0.39, 0.29) is 5.91 Å². The molecule has 76 valence electrons. The molecule has 13 heavy (non-hydrogen) atoms. The number of hydrogen-bond acceptors (Lipinski definition) is 1. The van der Waals surface area contributed by atoms with Crippen LogP contribution in [0.3, 0.4) is 0 Å². The largest absolute Gasteiger partial charge is 0.274 e. The van der Waals surface area contributed by atoms with E-state index in [1.54, 1.807) is 0 Å². The minimum absolute atomic E-state index is 0.0215. The van der Waals surface area contributed by atoms with E-state index < -0.39 is 0 Å². The molecular formula is C10H18ClNO. The first-order valence-corrected chi connectivity index (χ1v) is 5.13. The molecule has 0 radical (unpaired) electrons. The molecule has 0 aliphatic carbocycles. The van der Waals surface area contributed by atoms with E-state index in [0.717, 1.165) is 19.3 Å². The molecule has 0 aromatic rings. The Balaban J connectivity index is 3.56. The third-order valence-corrected chi connectivity index (χ3v) is 2.10. The van der Waals surface area contributed by atoms with Crippen LogP contribution in [0.15, 0.2) is 12.2 Å². The van der Waals surface area contributed by atoms with Gasteiger partial charge in [0.05, 0.1) is 0 Å². The second-order valence-electron chi connectivity index (χ2n) is 2.94. The molecule has 0 aromatic carbocycles. The molecule has 2 nitrogen and oxygen atoms in total. The van der Waals surface area contributed by atoms with E-state index >= 15 is 0 Å². The quantitative estimate of drug-likeness (QED) is 0.480. The fourth-order valence-electron chi connectivity index (χ4n) is 0.916. The van der Waals surface area contributed by atoms with E-state index in [1.807, 2.05) is 19.1 Å². The van der Waals surface area contributed by atoms with Crippen molar-refractivity contribution in [3.8, 4) is 0 Å². The van der Waals surface area contributed by atoms with Gasteiger partial charge in [-0.25, -0.2) is 0 Å². The van der Waals surface area contributed by atoms with Crippen LogP contribution >= 0.6 is 11.8 Å². The average Bonchev–Trinajstić information content (AvgIpc) is 2.14. The first kappa shape index (κ1) is 12.5. The SMILES string of the molecule is C/C=C/CCC(=O)N(Cl)CCCC. The van der Waals surface area contributed by atoms with Crippen LogP contribution in [-0.4, -0.2) is 16.9 Å². The number of carbonyl (C=O) groups excluding carboxylic acids is 1. The fourth-order valence-corrected chi connectivity index (χ4v) is 1.12. The summed E-state index contributed by atoms with van der Waals surface area (Å²) in [6.07, 6.45) is 7.24. The van der Waals surface area contributed by atoms with Crippen LogP contribution in [0, 0.1) is 0 Å². The lowest BCUT2D eigenvalue weighted by Crippen LogP contribution is -2.21. The summed E-state index contributed by atoms with van der Waals surface area (Å²) in [5, 5.41) is 0. The molecule has 0 saturated carbocycles. The molecule has 1 amide bonds. The molecule has 0 fully saturated rings. The van der Waals surface area contributed by atoms with Gasteiger partial charge in [-0.05, 0) is 19.8 Å². The second-order valence-corrected chi connectivity index (χ2v) is 3.35. The first-order valence-electron chi connectivity index (χ1n) is 4.79. The zero-order valence-corrected chi connectivity index (χ0v) is 9.18. The van der Waals surface area contributed by atoms with Crippen molar-refractivity contribution in [1.82, 2.24) is 4.42 Å². The molecule has 0 aliphatic rings. The number of hydrogen-bond donors (Lipinski definition) is 0. The Kier molecular flexibility index (Phi) is 7.80. The number of unbranched alkanes of at least 4 members (excludes halogenated alkanes) is 1. The van der Waals surface area contributed by atoms with Gasteiger partial charge in [0, 0.05) is 24.7 Å². The van der Waals surface area contributed by atoms with Crippen molar-refractivity contribution < 1.29 is 4.79 Å². The van der Waals surface area contributed by atoms with E-state index in [9.17, 15) is 4.79 Å². The Morgan fingerprint density at radius 1 is 1.54 bits per heavy atom. The zero-order chi connectivity index (χ0) is 10.1. The highest BCUT2D eigenvalue weighted by atomic mass is 35.5. The average molecular weight is 204 g/mol. The Bertz CT molecular complexity index is 168. The molecule has 0 aliphatic heterocycles. The Morgan fingerprint density at radius 2 is 2.23 bits per heavy atom. The summed E-state index contributed by atoms with van der Waals surface area (Å²) in [5.74, 6) is 0.0215. The predicted molar refractivity (Wildman–Crippen MR) is 56.5 cm³/mol.